The number of thiophene rings is 1. The summed E-state index contributed by atoms with van der Waals surface area (Å²) in [5, 5.41) is 3.33. The van der Waals surface area contributed by atoms with Gasteiger partial charge in [0.05, 0.1) is 21.0 Å². The lowest BCUT2D eigenvalue weighted by Crippen LogP contribution is -2.26. The molecule has 2 rings (SSSR count). The Hall–Kier alpha value is -0.550. The van der Waals surface area contributed by atoms with Crippen molar-refractivity contribution in [3.8, 4) is 0 Å². The molecule has 100 valence electrons. The summed E-state index contributed by atoms with van der Waals surface area (Å²) >= 11 is 16.7. The largest absolute Gasteiger partial charge is 0.345 e. The van der Waals surface area contributed by atoms with Crippen LogP contribution >= 0.6 is 50.5 Å². The summed E-state index contributed by atoms with van der Waals surface area (Å²) in [4.78, 5) is 13.2. The molecule has 1 unspecified atom stereocenters. The van der Waals surface area contributed by atoms with Crippen LogP contribution in [0.15, 0.2) is 34.8 Å². The second-order valence-corrected chi connectivity index (χ2v) is 7.03. The average Bonchev–Trinajstić information content (AvgIpc) is 2.79. The maximum Gasteiger partial charge on any atom is 0.253 e. The Bertz CT molecular complexity index is 614. The molecule has 6 heteroatoms. The third-order valence-corrected chi connectivity index (χ3v) is 4.78. The topological polar surface area (TPSA) is 29.1 Å². The van der Waals surface area contributed by atoms with Crippen molar-refractivity contribution in [2.75, 3.05) is 0 Å². The Kier molecular flexibility index (Phi) is 4.90. The van der Waals surface area contributed by atoms with Gasteiger partial charge in [-0.3, -0.25) is 4.79 Å². The minimum absolute atomic E-state index is 0.111. The van der Waals surface area contributed by atoms with E-state index in [9.17, 15) is 4.79 Å². The Morgan fingerprint density at radius 3 is 2.68 bits per heavy atom. The third-order valence-electron chi connectivity index (χ3n) is 2.54. The van der Waals surface area contributed by atoms with Gasteiger partial charge in [-0.25, -0.2) is 0 Å². The van der Waals surface area contributed by atoms with Gasteiger partial charge in [0, 0.05) is 9.35 Å². The van der Waals surface area contributed by atoms with Crippen LogP contribution in [0.3, 0.4) is 0 Å². The van der Waals surface area contributed by atoms with Gasteiger partial charge in [0.2, 0.25) is 0 Å². The molecule has 0 aliphatic carbocycles. The quantitative estimate of drug-likeness (QED) is 0.770. The van der Waals surface area contributed by atoms with Crippen LogP contribution in [0.1, 0.15) is 28.2 Å². The number of carbonyl (C=O) groups excluding carboxylic acids is 1. The Morgan fingerprint density at radius 1 is 1.32 bits per heavy atom. The summed E-state index contributed by atoms with van der Waals surface area (Å²) in [5.74, 6) is -0.205. The van der Waals surface area contributed by atoms with Crippen LogP contribution in [-0.4, -0.2) is 5.91 Å². The van der Waals surface area contributed by atoms with Crippen molar-refractivity contribution in [3.05, 3.63) is 54.6 Å². The summed E-state index contributed by atoms with van der Waals surface area (Å²) < 4.78 is 1.52. The first-order chi connectivity index (χ1) is 8.97. The van der Waals surface area contributed by atoms with Crippen molar-refractivity contribution < 1.29 is 4.79 Å². The van der Waals surface area contributed by atoms with Gasteiger partial charge in [-0.15, -0.1) is 11.3 Å². The number of rotatable bonds is 3. The molecular formula is C13H10BrCl2NOS. The van der Waals surface area contributed by atoms with Gasteiger partial charge < -0.3 is 5.32 Å². The fourth-order valence-corrected chi connectivity index (χ4v) is 3.21. The van der Waals surface area contributed by atoms with Gasteiger partial charge in [-0.1, -0.05) is 39.1 Å². The first-order valence-electron chi connectivity index (χ1n) is 5.48. The fraction of sp³-hybridized carbons (Fsp3) is 0.154. The molecule has 0 spiro atoms. The van der Waals surface area contributed by atoms with Crippen molar-refractivity contribution in [1.82, 2.24) is 5.32 Å². The highest BCUT2D eigenvalue weighted by atomic mass is 79.9. The van der Waals surface area contributed by atoms with Gasteiger partial charge in [0.25, 0.3) is 5.91 Å². The maximum absolute atomic E-state index is 12.2. The first kappa shape index (κ1) is 14.9. The van der Waals surface area contributed by atoms with Crippen LogP contribution in [0.4, 0.5) is 0 Å². The first-order valence-corrected chi connectivity index (χ1v) is 7.85. The molecule has 0 aliphatic heterocycles. The second-order valence-electron chi connectivity index (χ2n) is 3.96. The van der Waals surface area contributed by atoms with Crippen LogP contribution in [0.5, 0.6) is 0 Å². The number of halogens is 3. The number of benzene rings is 1. The highest BCUT2D eigenvalue weighted by Gasteiger charge is 2.15. The minimum atomic E-state index is -0.205. The van der Waals surface area contributed by atoms with Crippen molar-refractivity contribution >= 4 is 56.4 Å². The predicted octanol–water partition coefficient (Wildman–Crippen LogP) is 5.31. The Morgan fingerprint density at radius 2 is 2.05 bits per heavy atom. The molecule has 1 amide bonds. The van der Waals surface area contributed by atoms with E-state index in [-0.39, 0.29) is 11.9 Å². The van der Waals surface area contributed by atoms with Crippen LogP contribution in [0.2, 0.25) is 9.36 Å². The van der Waals surface area contributed by atoms with Crippen molar-refractivity contribution in [3.63, 3.8) is 0 Å². The maximum atomic E-state index is 12.2. The van der Waals surface area contributed by atoms with E-state index < -0.39 is 0 Å². The molecule has 1 aromatic carbocycles. The molecular weight excluding hydrogens is 369 g/mol. The molecule has 19 heavy (non-hydrogen) atoms. The van der Waals surface area contributed by atoms with E-state index in [1.165, 1.54) is 11.3 Å². The number of carbonyl (C=O) groups is 1. The predicted molar refractivity (Wildman–Crippen MR) is 84.4 cm³/mol. The van der Waals surface area contributed by atoms with Crippen molar-refractivity contribution in [2.24, 2.45) is 0 Å². The molecule has 2 nitrogen and oxygen atoms in total. The van der Waals surface area contributed by atoms with Crippen LogP contribution in [-0.2, 0) is 0 Å². The zero-order chi connectivity index (χ0) is 14.0. The van der Waals surface area contributed by atoms with E-state index in [1.54, 1.807) is 18.2 Å². The molecule has 1 aromatic heterocycles. The lowest BCUT2D eigenvalue weighted by Gasteiger charge is -2.13. The zero-order valence-electron chi connectivity index (χ0n) is 9.91. The standard InChI is InChI=1S/C13H10BrCl2NOS/c1-7(11-4-5-12(16)19-11)17-13(18)9-6-8(14)2-3-10(9)15/h2-7H,1H3,(H,17,18). The summed E-state index contributed by atoms with van der Waals surface area (Å²) in [6.45, 7) is 1.91. The van der Waals surface area contributed by atoms with Crippen LogP contribution < -0.4 is 5.32 Å². The molecule has 0 saturated heterocycles. The molecule has 0 bridgehead atoms. The van der Waals surface area contributed by atoms with E-state index in [0.29, 0.717) is 14.9 Å². The van der Waals surface area contributed by atoms with Gasteiger partial charge in [0.15, 0.2) is 0 Å². The zero-order valence-corrected chi connectivity index (χ0v) is 13.8. The molecule has 0 fully saturated rings. The SMILES string of the molecule is CC(NC(=O)c1cc(Br)ccc1Cl)c1ccc(Cl)s1. The third kappa shape index (κ3) is 3.72. The van der Waals surface area contributed by atoms with E-state index in [2.05, 4.69) is 21.2 Å². The van der Waals surface area contributed by atoms with Crippen LogP contribution in [0, 0.1) is 0 Å². The molecule has 1 atom stereocenters. The summed E-state index contributed by atoms with van der Waals surface area (Å²) in [7, 11) is 0. The molecule has 1 N–H and O–H groups in total. The minimum Gasteiger partial charge on any atom is -0.345 e. The lowest BCUT2D eigenvalue weighted by atomic mass is 10.2. The molecule has 1 heterocycles. The molecule has 0 radical (unpaired) electrons. The number of amides is 1. The van der Waals surface area contributed by atoms with Crippen LogP contribution in [0.25, 0.3) is 0 Å². The average molecular weight is 379 g/mol. The molecule has 2 aromatic rings. The normalized spacial score (nSPS) is 12.2. The van der Waals surface area contributed by atoms with E-state index in [0.717, 1.165) is 9.35 Å². The van der Waals surface area contributed by atoms with Crippen molar-refractivity contribution in [2.45, 2.75) is 13.0 Å². The van der Waals surface area contributed by atoms with Crippen molar-refractivity contribution in [1.29, 1.82) is 0 Å². The van der Waals surface area contributed by atoms with Gasteiger partial charge in [0.1, 0.15) is 0 Å². The van der Waals surface area contributed by atoms with Gasteiger partial charge in [-0.05, 0) is 37.3 Å². The van der Waals surface area contributed by atoms with Gasteiger partial charge in [-0.2, -0.15) is 0 Å². The summed E-state index contributed by atoms with van der Waals surface area (Å²) in [5.41, 5.74) is 0.450. The highest BCUT2D eigenvalue weighted by molar-refractivity contribution is 9.10. The highest BCUT2D eigenvalue weighted by Crippen LogP contribution is 2.27. The summed E-state index contributed by atoms with van der Waals surface area (Å²) in [6.07, 6.45) is 0. The number of hydrogen-bond acceptors (Lipinski definition) is 2. The van der Waals surface area contributed by atoms with E-state index >= 15 is 0 Å². The Balaban J connectivity index is 2.15. The smallest absolute Gasteiger partial charge is 0.253 e. The molecule has 0 saturated carbocycles. The van der Waals surface area contributed by atoms with E-state index in [1.807, 2.05) is 19.1 Å². The number of nitrogens with one attached hydrogen (secondary N) is 1. The lowest BCUT2D eigenvalue weighted by molar-refractivity contribution is 0.0940. The van der Waals surface area contributed by atoms with E-state index in [4.69, 9.17) is 23.2 Å². The number of hydrogen-bond donors (Lipinski definition) is 1. The van der Waals surface area contributed by atoms with Gasteiger partial charge >= 0.3 is 0 Å². The fourth-order valence-electron chi connectivity index (χ4n) is 1.58. The molecule has 0 aliphatic rings. The Labute approximate surface area is 133 Å². The monoisotopic (exact) mass is 377 g/mol. The second kappa shape index (κ2) is 6.27. The summed E-state index contributed by atoms with van der Waals surface area (Å²) in [6, 6.07) is 8.79.